The minimum absolute atomic E-state index is 0.00945. The molecule has 0 saturated carbocycles. The van der Waals surface area contributed by atoms with Crippen LogP contribution in [0.15, 0.2) is 84.9 Å². The molecule has 0 fully saturated rings. The summed E-state index contributed by atoms with van der Waals surface area (Å²) in [5.41, 5.74) is 2.41. The third-order valence-electron chi connectivity index (χ3n) is 5.97. The highest BCUT2D eigenvalue weighted by Gasteiger charge is 2.32. The Morgan fingerprint density at radius 2 is 1.34 bits per heavy atom. The van der Waals surface area contributed by atoms with Crippen LogP contribution in [0.1, 0.15) is 23.6 Å². The number of phenolic OH excluding ortho intramolecular Hbond substituents is 1. The summed E-state index contributed by atoms with van der Waals surface area (Å²) in [6.45, 7) is 1.85. The molecule has 4 atom stereocenters. The fourth-order valence-electron chi connectivity index (χ4n) is 3.80. The lowest BCUT2D eigenvalue weighted by Gasteiger charge is -2.27. The first-order valence-electron chi connectivity index (χ1n) is 12.2. The number of carboxylic acids is 1. The third-order valence-corrected chi connectivity index (χ3v) is 6.39. The van der Waals surface area contributed by atoms with Crippen molar-refractivity contribution in [1.29, 1.82) is 0 Å². The van der Waals surface area contributed by atoms with E-state index in [2.05, 4.69) is 23.3 Å². The van der Waals surface area contributed by atoms with Gasteiger partial charge in [0.15, 0.2) is 0 Å². The van der Waals surface area contributed by atoms with Crippen molar-refractivity contribution in [3.63, 3.8) is 0 Å². The molecule has 38 heavy (non-hydrogen) atoms. The zero-order valence-corrected chi connectivity index (χ0v) is 21.9. The topological polar surface area (TPSA) is 125 Å². The summed E-state index contributed by atoms with van der Waals surface area (Å²) in [7, 11) is 0. The van der Waals surface area contributed by atoms with E-state index >= 15 is 0 Å². The number of aromatic hydroxyl groups is 1. The lowest BCUT2D eigenvalue weighted by Crippen LogP contribution is -2.57. The van der Waals surface area contributed by atoms with Crippen molar-refractivity contribution in [2.45, 2.75) is 49.8 Å². The number of amides is 2. The Bertz CT molecular complexity index is 1190. The molecular weight excluding hydrogens is 504 g/mol. The van der Waals surface area contributed by atoms with E-state index in [0.29, 0.717) is 12.0 Å². The molecule has 0 aliphatic rings. The molecule has 3 rings (SSSR count). The van der Waals surface area contributed by atoms with Gasteiger partial charge in [-0.25, -0.2) is 4.79 Å². The Morgan fingerprint density at radius 3 is 1.92 bits per heavy atom. The molecule has 4 N–H and O–H groups in total. The van der Waals surface area contributed by atoms with Crippen molar-refractivity contribution in [3.8, 4) is 5.75 Å². The van der Waals surface area contributed by atoms with E-state index in [9.17, 15) is 24.6 Å². The van der Waals surface area contributed by atoms with Crippen LogP contribution in [0.3, 0.4) is 0 Å². The van der Waals surface area contributed by atoms with Gasteiger partial charge >= 0.3 is 5.97 Å². The number of carbonyl (C=O) groups excluding carboxylic acids is 2. The minimum atomic E-state index is -1.26. The molecule has 3 aromatic carbocycles. The van der Waals surface area contributed by atoms with Crippen molar-refractivity contribution in [2.24, 2.45) is 0 Å². The summed E-state index contributed by atoms with van der Waals surface area (Å²) >= 11 is 4.44. The number of hydrogen-bond donors (Lipinski definition) is 5. The van der Waals surface area contributed by atoms with Gasteiger partial charge in [0.2, 0.25) is 11.8 Å². The first-order valence-corrected chi connectivity index (χ1v) is 12.7. The van der Waals surface area contributed by atoms with Gasteiger partial charge in [0.1, 0.15) is 17.8 Å². The molecular formula is C29H32N2O6S. The van der Waals surface area contributed by atoms with E-state index in [0.717, 1.165) is 11.1 Å². The quantitative estimate of drug-likeness (QED) is 0.214. The maximum atomic E-state index is 13.3. The summed E-state index contributed by atoms with van der Waals surface area (Å²) in [5.74, 6) is -2.35. The smallest absolute Gasteiger partial charge is 0.326 e. The van der Waals surface area contributed by atoms with E-state index in [4.69, 9.17) is 4.74 Å². The fraction of sp³-hybridized carbons (Fsp3) is 0.276. The number of ether oxygens (including phenoxy) is 1. The molecule has 0 heterocycles. The van der Waals surface area contributed by atoms with Gasteiger partial charge in [-0.15, -0.1) is 0 Å². The molecule has 3 aromatic rings. The monoisotopic (exact) mass is 536 g/mol. The van der Waals surface area contributed by atoms with Gasteiger partial charge in [0.25, 0.3) is 0 Å². The van der Waals surface area contributed by atoms with Crippen LogP contribution >= 0.6 is 12.6 Å². The van der Waals surface area contributed by atoms with Gasteiger partial charge < -0.3 is 25.6 Å². The number of aliphatic carboxylic acids is 1. The molecule has 0 aliphatic heterocycles. The molecule has 9 heteroatoms. The number of benzene rings is 3. The molecule has 1 unspecified atom stereocenters. The summed E-state index contributed by atoms with van der Waals surface area (Å²) in [5, 5.41) is 23.7. The standard InChI is InChI=1S/C29H32N2O6S/c1-19(37-18-22-10-6-3-7-11-22)26(31-27(33)25(38)17-20-8-4-2-5-9-20)28(34)30-24(29(35)36)16-21-12-14-23(32)15-13-21/h2-15,19,24-26,32,38H,16-18H2,1H3,(H,30,34)(H,31,33)(H,35,36)/t19?,24-,25-,26-/m0/s1. The van der Waals surface area contributed by atoms with Crippen molar-refractivity contribution < 1.29 is 29.3 Å². The number of carbonyl (C=O) groups is 3. The van der Waals surface area contributed by atoms with E-state index in [1.54, 1.807) is 19.1 Å². The Hall–Kier alpha value is -3.82. The van der Waals surface area contributed by atoms with Crippen LogP contribution in [0.4, 0.5) is 0 Å². The Kier molecular flexibility index (Phi) is 10.7. The number of thiol groups is 1. The number of rotatable bonds is 13. The highest BCUT2D eigenvalue weighted by atomic mass is 32.1. The maximum Gasteiger partial charge on any atom is 0.326 e. The Labute approximate surface area is 227 Å². The SMILES string of the molecule is CC(OCc1ccccc1)[C@H](NC(=O)[C@@H](S)Cc1ccccc1)C(=O)N[C@@H](Cc1ccc(O)cc1)C(=O)O. The average molecular weight is 537 g/mol. The fourth-order valence-corrected chi connectivity index (χ4v) is 4.09. The van der Waals surface area contributed by atoms with Gasteiger partial charge in [-0.2, -0.15) is 12.6 Å². The van der Waals surface area contributed by atoms with Crippen molar-refractivity contribution in [2.75, 3.05) is 0 Å². The summed E-state index contributed by atoms with van der Waals surface area (Å²) < 4.78 is 5.91. The first-order chi connectivity index (χ1) is 18.2. The molecule has 0 radical (unpaired) electrons. The van der Waals surface area contributed by atoms with Crippen molar-refractivity contribution in [1.82, 2.24) is 10.6 Å². The molecule has 8 nitrogen and oxygen atoms in total. The van der Waals surface area contributed by atoms with E-state index in [1.165, 1.54) is 12.1 Å². The van der Waals surface area contributed by atoms with Crippen LogP contribution < -0.4 is 10.6 Å². The second-order valence-electron chi connectivity index (χ2n) is 8.96. The van der Waals surface area contributed by atoms with Crippen LogP contribution in [0, 0.1) is 0 Å². The molecule has 0 aliphatic carbocycles. The predicted octanol–water partition coefficient (Wildman–Crippen LogP) is 3.14. The zero-order valence-electron chi connectivity index (χ0n) is 21.0. The first kappa shape index (κ1) is 28.7. The molecule has 0 saturated heterocycles. The lowest BCUT2D eigenvalue weighted by atomic mass is 10.0. The number of carboxylic acid groups (broad SMARTS) is 1. The highest BCUT2D eigenvalue weighted by Crippen LogP contribution is 2.14. The minimum Gasteiger partial charge on any atom is -0.508 e. The van der Waals surface area contributed by atoms with Gasteiger partial charge in [-0.05, 0) is 42.2 Å². The Balaban J connectivity index is 1.73. The Morgan fingerprint density at radius 1 is 0.789 bits per heavy atom. The number of hydrogen-bond acceptors (Lipinski definition) is 6. The lowest BCUT2D eigenvalue weighted by molar-refractivity contribution is -0.143. The largest absolute Gasteiger partial charge is 0.508 e. The molecule has 200 valence electrons. The normalized spacial score (nSPS) is 14.1. The summed E-state index contributed by atoms with van der Waals surface area (Å²) in [4.78, 5) is 38.3. The molecule has 0 aromatic heterocycles. The summed E-state index contributed by atoms with van der Waals surface area (Å²) in [6.07, 6.45) is -0.438. The number of phenols is 1. The average Bonchev–Trinajstić information content (AvgIpc) is 2.92. The van der Waals surface area contributed by atoms with Crippen molar-refractivity contribution >= 4 is 30.4 Å². The zero-order chi connectivity index (χ0) is 27.5. The van der Waals surface area contributed by atoms with E-state index < -0.39 is 41.2 Å². The van der Waals surface area contributed by atoms with Gasteiger partial charge in [0, 0.05) is 6.42 Å². The van der Waals surface area contributed by atoms with Crippen LogP contribution in [0.5, 0.6) is 5.75 Å². The molecule has 0 spiro atoms. The highest BCUT2D eigenvalue weighted by molar-refractivity contribution is 7.81. The molecule has 0 bridgehead atoms. The van der Waals surface area contributed by atoms with Crippen LogP contribution in [-0.4, -0.2) is 51.4 Å². The third kappa shape index (κ3) is 8.93. The van der Waals surface area contributed by atoms with E-state index in [-0.39, 0.29) is 18.8 Å². The molecule has 2 amide bonds. The van der Waals surface area contributed by atoms with Crippen LogP contribution in [0.25, 0.3) is 0 Å². The second kappa shape index (κ2) is 14.2. The van der Waals surface area contributed by atoms with Crippen LogP contribution in [-0.2, 0) is 38.6 Å². The summed E-state index contributed by atoms with van der Waals surface area (Å²) in [6, 6.07) is 22.4. The predicted molar refractivity (Wildman–Crippen MR) is 147 cm³/mol. The van der Waals surface area contributed by atoms with Gasteiger partial charge in [0.05, 0.1) is 18.0 Å². The maximum absolute atomic E-state index is 13.3. The number of nitrogens with one attached hydrogen (secondary N) is 2. The van der Waals surface area contributed by atoms with Gasteiger partial charge in [-0.3, -0.25) is 9.59 Å². The van der Waals surface area contributed by atoms with E-state index in [1.807, 2.05) is 60.7 Å². The van der Waals surface area contributed by atoms with Crippen molar-refractivity contribution in [3.05, 3.63) is 102 Å². The second-order valence-corrected chi connectivity index (χ2v) is 9.59. The van der Waals surface area contributed by atoms with Crippen LogP contribution in [0.2, 0.25) is 0 Å². The van der Waals surface area contributed by atoms with Gasteiger partial charge in [-0.1, -0.05) is 72.8 Å².